The number of carbonyl (C=O) groups excluding carboxylic acids is 2. The molecule has 0 aliphatic carbocycles. The van der Waals surface area contributed by atoms with Gasteiger partial charge in [0.1, 0.15) is 6.61 Å². The summed E-state index contributed by atoms with van der Waals surface area (Å²) in [6.45, 7) is 2.64. The fourth-order valence-corrected chi connectivity index (χ4v) is 1.15. The molecule has 0 aromatic carbocycles. The van der Waals surface area contributed by atoms with E-state index in [1.54, 1.807) is 0 Å². The molecule has 0 aliphatic rings. The van der Waals surface area contributed by atoms with Gasteiger partial charge in [-0.15, -0.1) is 11.6 Å². The minimum atomic E-state index is -0.589. The van der Waals surface area contributed by atoms with Gasteiger partial charge in [0, 0.05) is 12.2 Å². The molecule has 0 unspecified atom stereocenters. The van der Waals surface area contributed by atoms with Gasteiger partial charge in [-0.25, -0.2) is 9.59 Å². The molecule has 0 amide bonds. The summed E-state index contributed by atoms with van der Waals surface area (Å²) in [5.74, 6) is -0.875. The van der Waals surface area contributed by atoms with Crippen LogP contribution in [0.1, 0.15) is 32.6 Å². The van der Waals surface area contributed by atoms with Crippen LogP contribution >= 0.6 is 11.6 Å². The lowest BCUT2D eigenvalue weighted by Gasteiger charge is -2.01. The van der Waals surface area contributed by atoms with Crippen molar-refractivity contribution in [3.63, 3.8) is 0 Å². The van der Waals surface area contributed by atoms with E-state index in [4.69, 9.17) is 16.3 Å². The third-order valence-corrected chi connectivity index (χ3v) is 2.07. The Morgan fingerprint density at radius 3 is 2.12 bits per heavy atom. The van der Waals surface area contributed by atoms with Crippen LogP contribution in [0, 0.1) is 0 Å². The standard InChI is InChI=1S/C12H19ClO4/c1-2-3-4-5-9-16-11(14)6-7-12(15)17-10-8-13/h6-7H,2-5,8-10H2,1H3/b7-6+. The SMILES string of the molecule is CCCCCCOC(=O)/C=C/C(=O)OCCCl. The van der Waals surface area contributed by atoms with Crippen molar-refractivity contribution < 1.29 is 19.1 Å². The van der Waals surface area contributed by atoms with Crippen LogP contribution in [0.15, 0.2) is 12.2 Å². The number of hydrogen-bond donors (Lipinski definition) is 0. The fraction of sp³-hybridized carbons (Fsp3) is 0.667. The summed E-state index contributed by atoms with van der Waals surface area (Å²) in [6.07, 6.45) is 6.28. The van der Waals surface area contributed by atoms with Crippen LogP contribution in [-0.4, -0.2) is 31.0 Å². The summed E-state index contributed by atoms with van der Waals surface area (Å²) in [4.78, 5) is 22.1. The predicted molar refractivity (Wildman–Crippen MR) is 65.9 cm³/mol. The van der Waals surface area contributed by atoms with Crippen molar-refractivity contribution in [1.82, 2.24) is 0 Å². The topological polar surface area (TPSA) is 52.6 Å². The summed E-state index contributed by atoms with van der Waals surface area (Å²) >= 11 is 5.33. The van der Waals surface area contributed by atoms with Crippen LogP contribution in [0.2, 0.25) is 0 Å². The zero-order chi connectivity index (χ0) is 12.9. The average molecular weight is 263 g/mol. The van der Waals surface area contributed by atoms with Crippen LogP contribution in [-0.2, 0) is 19.1 Å². The maximum absolute atomic E-state index is 11.1. The normalized spacial score (nSPS) is 10.5. The molecule has 0 aromatic rings. The van der Waals surface area contributed by atoms with Crippen LogP contribution in [0.3, 0.4) is 0 Å². The highest BCUT2D eigenvalue weighted by atomic mass is 35.5. The van der Waals surface area contributed by atoms with E-state index in [0.717, 1.165) is 37.8 Å². The highest BCUT2D eigenvalue weighted by Gasteiger charge is 2.00. The lowest BCUT2D eigenvalue weighted by atomic mass is 10.2. The van der Waals surface area contributed by atoms with Gasteiger partial charge in [0.15, 0.2) is 0 Å². The van der Waals surface area contributed by atoms with E-state index in [1.165, 1.54) is 0 Å². The summed E-state index contributed by atoms with van der Waals surface area (Å²) in [5, 5.41) is 0. The first-order valence-electron chi connectivity index (χ1n) is 5.78. The largest absolute Gasteiger partial charge is 0.463 e. The first-order chi connectivity index (χ1) is 8.20. The number of ether oxygens (including phenoxy) is 2. The molecule has 0 heterocycles. The number of rotatable bonds is 9. The summed E-state index contributed by atoms with van der Waals surface area (Å²) < 4.78 is 9.52. The summed E-state index contributed by atoms with van der Waals surface area (Å²) in [5.41, 5.74) is 0. The van der Waals surface area contributed by atoms with Crippen molar-refractivity contribution in [2.24, 2.45) is 0 Å². The van der Waals surface area contributed by atoms with Crippen molar-refractivity contribution in [2.45, 2.75) is 32.6 Å². The molecule has 0 aliphatic heterocycles. The van der Waals surface area contributed by atoms with E-state index in [0.29, 0.717) is 6.61 Å². The number of alkyl halides is 1. The van der Waals surface area contributed by atoms with Gasteiger partial charge in [-0.3, -0.25) is 0 Å². The van der Waals surface area contributed by atoms with Crippen molar-refractivity contribution in [1.29, 1.82) is 0 Å². The molecule has 0 N–H and O–H groups in total. The molecule has 0 saturated carbocycles. The maximum atomic E-state index is 11.1. The van der Waals surface area contributed by atoms with Gasteiger partial charge >= 0.3 is 11.9 Å². The highest BCUT2D eigenvalue weighted by Crippen LogP contribution is 1.99. The van der Waals surface area contributed by atoms with Crippen LogP contribution in [0.5, 0.6) is 0 Å². The predicted octanol–water partition coefficient (Wildman–Crippen LogP) is 2.45. The van der Waals surface area contributed by atoms with Gasteiger partial charge in [0.2, 0.25) is 0 Å². The monoisotopic (exact) mass is 262 g/mol. The molecule has 4 nitrogen and oxygen atoms in total. The zero-order valence-electron chi connectivity index (χ0n) is 10.1. The molecule has 0 spiro atoms. The van der Waals surface area contributed by atoms with Crippen LogP contribution in [0.4, 0.5) is 0 Å². The number of carbonyl (C=O) groups is 2. The Kier molecular flexibility index (Phi) is 10.8. The molecule has 0 saturated heterocycles. The summed E-state index contributed by atoms with van der Waals surface area (Å²) in [6, 6.07) is 0. The van der Waals surface area contributed by atoms with E-state index >= 15 is 0 Å². The molecule has 0 atom stereocenters. The number of hydrogen-bond acceptors (Lipinski definition) is 4. The van der Waals surface area contributed by atoms with Crippen LogP contribution in [0.25, 0.3) is 0 Å². The van der Waals surface area contributed by atoms with Gasteiger partial charge < -0.3 is 9.47 Å². The first-order valence-corrected chi connectivity index (χ1v) is 6.31. The second kappa shape index (κ2) is 11.5. The third kappa shape index (κ3) is 11.2. The quantitative estimate of drug-likeness (QED) is 0.277. The first kappa shape index (κ1) is 16.0. The van der Waals surface area contributed by atoms with E-state index in [9.17, 15) is 9.59 Å². The summed E-state index contributed by atoms with van der Waals surface area (Å²) in [7, 11) is 0. The third-order valence-electron chi connectivity index (χ3n) is 1.92. The maximum Gasteiger partial charge on any atom is 0.331 e. The molecule has 0 bridgehead atoms. The van der Waals surface area contributed by atoms with Gasteiger partial charge in [0.05, 0.1) is 12.5 Å². The minimum Gasteiger partial charge on any atom is -0.463 e. The number of halogens is 1. The lowest BCUT2D eigenvalue weighted by molar-refractivity contribution is -0.140. The molecule has 17 heavy (non-hydrogen) atoms. The van der Waals surface area contributed by atoms with E-state index in [-0.39, 0.29) is 12.5 Å². The Morgan fingerprint density at radius 1 is 1.00 bits per heavy atom. The molecule has 98 valence electrons. The van der Waals surface area contributed by atoms with Gasteiger partial charge in [-0.05, 0) is 6.42 Å². The fourth-order valence-electron chi connectivity index (χ4n) is 1.07. The van der Waals surface area contributed by atoms with Gasteiger partial charge in [-0.1, -0.05) is 26.2 Å². The molecular weight excluding hydrogens is 244 g/mol. The van der Waals surface area contributed by atoms with E-state index in [1.807, 2.05) is 0 Å². The lowest BCUT2D eigenvalue weighted by Crippen LogP contribution is -2.06. The zero-order valence-corrected chi connectivity index (χ0v) is 10.9. The Balaban J connectivity index is 3.56. The highest BCUT2D eigenvalue weighted by molar-refractivity contribution is 6.18. The Morgan fingerprint density at radius 2 is 1.59 bits per heavy atom. The smallest absolute Gasteiger partial charge is 0.331 e. The second-order valence-electron chi connectivity index (χ2n) is 3.42. The number of unbranched alkanes of at least 4 members (excludes halogenated alkanes) is 3. The Bertz CT molecular complexity index is 251. The molecular formula is C12H19ClO4. The molecule has 0 radical (unpaired) electrons. The molecule has 0 rings (SSSR count). The van der Waals surface area contributed by atoms with Crippen molar-refractivity contribution in [3.8, 4) is 0 Å². The number of esters is 2. The van der Waals surface area contributed by atoms with Crippen LogP contribution < -0.4 is 0 Å². The van der Waals surface area contributed by atoms with E-state index in [2.05, 4.69) is 11.7 Å². The average Bonchev–Trinajstić information content (AvgIpc) is 2.33. The molecule has 0 fully saturated rings. The molecule has 5 heteroatoms. The minimum absolute atomic E-state index is 0.136. The second-order valence-corrected chi connectivity index (χ2v) is 3.80. The Labute approximate surface area is 107 Å². The Hall–Kier alpha value is -1.03. The molecule has 0 aromatic heterocycles. The van der Waals surface area contributed by atoms with Gasteiger partial charge in [0.25, 0.3) is 0 Å². The van der Waals surface area contributed by atoms with E-state index < -0.39 is 11.9 Å². The van der Waals surface area contributed by atoms with Crippen molar-refractivity contribution in [3.05, 3.63) is 12.2 Å². The van der Waals surface area contributed by atoms with Gasteiger partial charge in [-0.2, -0.15) is 0 Å². The van der Waals surface area contributed by atoms with Crippen molar-refractivity contribution in [2.75, 3.05) is 19.1 Å². The van der Waals surface area contributed by atoms with Crippen molar-refractivity contribution >= 4 is 23.5 Å².